The third-order valence-electron chi connectivity index (χ3n) is 5.07. The van der Waals surface area contributed by atoms with Crippen LogP contribution < -0.4 is 10.1 Å². The highest BCUT2D eigenvalue weighted by molar-refractivity contribution is 7.96. The lowest BCUT2D eigenvalue weighted by molar-refractivity contribution is -0.123. The molecule has 1 aliphatic rings. The molecule has 1 atom stereocenters. The van der Waals surface area contributed by atoms with Gasteiger partial charge >= 0.3 is 0 Å². The Morgan fingerprint density at radius 2 is 1.84 bits per heavy atom. The van der Waals surface area contributed by atoms with Gasteiger partial charge in [0.25, 0.3) is 5.91 Å². The molecule has 1 unspecified atom stereocenters. The molecule has 4 rings (SSSR count). The van der Waals surface area contributed by atoms with Gasteiger partial charge in [-0.2, -0.15) is 0 Å². The molecule has 0 fully saturated rings. The predicted octanol–water partition coefficient (Wildman–Crippen LogP) is 2.08. The van der Waals surface area contributed by atoms with E-state index in [2.05, 4.69) is 10.3 Å². The summed E-state index contributed by atoms with van der Waals surface area (Å²) >= 11 is 0. The standard InChI is InChI=1S/C22H20N2O6S2/c25-21(24-13-16-6-5-11-23-12-16)14-30-18-9-4-10-19-22(18)20(15-31(19,26)27)32(28,29)17-7-2-1-3-8-17/h1-12,20H,13-15H2,(H,24,25). The molecule has 0 saturated carbocycles. The summed E-state index contributed by atoms with van der Waals surface area (Å²) in [6.07, 6.45) is 3.24. The number of fused-ring (bicyclic) bond motifs is 1. The molecule has 2 aromatic carbocycles. The molecular formula is C22H20N2O6S2. The normalized spacial score (nSPS) is 16.8. The average Bonchev–Trinajstić information content (AvgIpc) is 3.09. The van der Waals surface area contributed by atoms with Gasteiger partial charge in [-0.15, -0.1) is 0 Å². The van der Waals surface area contributed by atoms with Crippen molar-refractivity contribution in [1.29, 1.82) is 0 Å². The van der Waals surface area contributed by atoms with Crippen molar-refractivity contribution in [3.8, 4) is 5.75 Å². The minimum Gasteiger partial charge on any atom is -0.483 e. The summed E-state index contributed by atoms with van der Waals surface area (Å²) in [6, 6.07) is 15.5. The summed E-state index contributed by atoms with van der Waals surface area (Å²) in [5.74, 6) is -0.952. The van der Waals surface area contributed by atoms with Crippen molar-refractivity contribution in [1.82, 2.24) is 10.3 Å². The summed E-state index contributed by atoms with van der Waals surface area (Å²) in [7, 11) is -7.82. The van der Waals surface area contributed by atoms with Crippen molar-refractivity contribution >= 4 is 25.6 Å². The number of nitrogens with one attached hydrogen (secondary N) is 1. The lowest BCUT2D eigenvalue weighted by atomic mass is 10.1. The summed E-state index contributed by atoms with van der Waals surface area (Å²) in [4.78, 5) is 16.1. The van der Waals surface area contributed by atoms with Crippen LogP contribution >= 0.6 is 0 Å². The van der Waals surface area contributed by atoms with Gasteiger partial charge < -0.3 is 10.1 Å². The van der Waals surface area contributed by atoms with E-state index in [1.165, 1.54) is 30.3 Å². The highest BCUT2D eigenvalue weighted by Crippen LogP contribution is 2.45. The molecule has 10 heteroatoms. The Morgan fingerprint density at radius 1 is 1.06 bits per heavy atom. The third kappa shape index (κ3) is 4.37. The van der Waals surface area contributed by atoms with Gasteiger partial charge in [-0.3, -0.25) is 9.78 Å². The number of carbonyl (C=O) groups excluding carboxylic acids is 1. The number of pyridine rings is 1. The SMILES string of the molecule is O=C(COc1cccc2c1C(S(=O)(=O)c1ccccc1)CS2(=O)=O)NCc1cccnc1. The summed E-state index contributed by atoms with van der Waals surface area (Å²) in [5, 5.41) is 1.36. The van der Waals surface area contributed by atoms with Crippen molar-refractivity contribution in [2.45, 2.75) is 21.6 Å². The summed E-state index contributed by atoms with van der Waals surface area (Å²) in [6.45, 7) is -0.142. The number of carbonyl (C=O) groups is 1. The van der Waals surface area contributed by atoms with Crippen LogP contribution in [0.25, 0.3) is 0 Å². The molecule has 3 aromatic rings. The minimum atomic E-state index is -4.00. The van der Waals surface area contributed by atoms with Crippen LogP contribution in [0, 0.1) is 0 Å². The second-order valence-corrected chi connectivity index (χ2v) is 11.4. The number of aromatic nitrogens is 1. The van der Waals surface area contributed by atoms with Crippen molar-refractivity contribution in [3.05, 3.63) is 84.2 Å². The minimum absolute atomic E-state index is 0.0251. The first-order valence-electron chi connectivity index (χ1n) is 9.72. The number of rotatable bonds is 7. The fourth-order valence-corrected chi connectivity index (χ4v) is 7.88. The number of benzene rings is 2. The Bertz CT molecular complexity index is 1340. The molecule has 166 valence electrons. The second-order valence-electron chi connectivity index (χ2n) is 7.22. The molecule has 0 radical (unpaired) electrons. The van der Waals surface area contributed by atoms with Crippen molar-refractivity contribution in [3.63, 3.8) is 0 Å². The van der Waals surface area contributed by atoms with Gasteiger partial charge in [0.05, 0.1) is 15.5 Å². The average molecular weight is 473 g/mol. The molecule has 1 amide bonds. The van der Waals surface area contributed by atoms with Crippen LogP contribution in [-0.4, -0.2) is 40.1 Å². The first-order valence-corrected chi connectivity index (χ1v) is 12.9. The van der Waals surface area contributed by atoms with E-state index in [4.69, 9.17) is 4.74 Å². The van der Waals surface area contributed by atoms with Crippen molar-refractivity contribution in [2.24, 2.45) is 0 Å². The first-order chi connectivity index (χ1) is 15.3. The summed E-state index contributed by atoms with van der Waals surface area (Å²) in [5.41, 5.74) is 0.873. The summed E-state index contributed by atoms with van der Waals surface area (Å²) < 4.78 is 57.4. The van der Waals surface area contributed by atoms with Crippen molar-refractivity contribution in [2.75, 3.05) is 12.4 Å². The number of ether oxygens (including phenoxy) is 1. The number of hydrogen-bond acceptors (Lipinski definition) is 7. The molecule has 0 spiro atoms. The lowest BCUT2D eigenvalue weighted by Crippen LogP contribution is -2.28. The molecule has 0 bridgehead atoms. The first kappa shape index (κ1) is 22.0. The number of hydrogen-bond donors (Lipinski definition) is 1. The molecule has 1 aromatic heterocycles. The van der Waals surface area contributed by atoms with E-state index in [9.17, 15) is 21.6 Å². The maximum atomic E-state index is 13.2. The highest BCUT2D eigenvalue weighted by Gasteiger charge is 2.45. The molecule has 0 saturated heterocycles. The molecular weight excluding hydrogens is 452 g/mol. The fourth-order valence-electron chi connectivity index (χ4n) is 3.53. The maximum absolute atomic E-state index is 13.2. The smallest absolute Gasteiger partial charge is 0.258 e. The third-order valence-corrected chi connectivity index (χ3v) is 9.16. The van der Waals surface area contributed by atoms with E-state index in [0.29, 0.717) is 0 Å². The second kappa shape index (κ2) is 8.71. The zero-order valence-electron chi connectivity index (χ0n) is 16.8. The van der Waals surface area contributed by atoms with Crippen molar-refractivity contribution < 1.29 is 26.4 Å². The Labute approximate surface area is 186 Å². The van der Waals surface area contributed by atoms with Crippen LogP contribution in [0.1, 0.15) is 16.4 Å². The lowest BCUT2D eigenvalue weighted by Gasteiger charge is -2.16. The fraction of sp³-hybridized carbons (Fsp3) is 0.182. The van der Waals surface area contributed by atoms with Gasteiger partial charge in [0.15, 0.2) is 26.3 Å². The quantitative estimate of drug-likeness (QED) is 0.559. The number of amides is 1. The van der Waals surface area contributed by atoms with Gasteiger partial charge in [-0.25, -0.2) is 16.8 Å². The van der Waals surface area contributed by atoms with E-state index in [0.717, 1.165) is 5.56 Å². The zero-order chi connectivity index (χ0) is 22.8. The van der Waals surface area contributed by atoms with Gasteiger partial charge in [0.1, 0.15) is 11.0 Å². The molecule has 1 N–H and O–H groups in total. The number of sulfone groups is 2. The Balaban J connectivity index is 1.58. The maximum Gasteiger partial charge on any atom is 0.258 e. The predicted molar refractivity (Wildman–Crippen MR) is 116 cm³/mol. The highest BCUT2D eigenvalue weighted by atomic mass is 32.2. The topological polar surface area (TPSA) is 120 Å². The molecule has 0 aliphatic carbocycles. The Hall–Kier alpha value is -3.24. The van der Waals surface area contributed by atoms with E-state index in [1.54, 1.807) is 36.7 Å². The van der Waals surface area contributed by atoms with Crippen LogP contribution in [0.4, 0.5) is 0 Å². The van der Waals surface area contributed by atoms with Gasteiger partial charge in [0.2, 0.25) is 0 Å². The van der Waals surface area contributed by atoms with Crippen LogP contribution in [0.15, 0.2) is 82.8 Å². The molecule has 32 heavy (non-hydrogen) atoms. The zero-order valence-corrected chi connectivity index (χ0v) is 18.5. The molecule has 2 heterocycles. The Kier molecular flexibility index (Phi) is 5.98. The molecule has 8 nitrogen and oxygen atoms in total. The van der Waals surface area contributed by atoms with Gasteiger partial charge in [0, 0.05) is 24.5 Å². The van der Waals surface area contributed by atoms with Crippen LogP contribution in [0.5, 0.6) is 5.75 Å². The van der Waals surface area contributed by atoms with E-state index in [1.807, 2.05) is 6.07 Å². The van der Waals surface area contributed by atoms with Gasteiger partial charge in [-0.05, 0) is 35.9 Å². The van der Waals surface area contributed by atoms with E-state index >= 15 is 0 Å². The van der Waals surface area contributed by atoms with Gasteiger partial charge in [-0.1, -0.05) is 30.3 Å². The van der Waals surface area contributed by atoms with Crippen LogP contribution in [0.3, 0.4) is 0 Å². The van der Waals surface area contributed by atoms with Crippen LogP contribution in [0.2, 0.25) is 0 Å². The van der Waals surface area contributed by atoms with E-state index in [-0.39, 0.29) is 27.6 Å². The van der Waals surface area contributed by atoms with E-state index < -0.39 is 43.2 Å². The molecule has 1 aliphatic heterocycles. The largest absolute Gasteiger partial charge is 0.483 e. The Morgan fingerprint density at radius 3 is 2.56 bits per heavy atom. The monoisotopic (exact) mass is 472 g/mol. The van der Waals surface area contributed by atoms with Crippen LogP contribution in [-0.2, 0) is 31.0 Å². The number of nitrogens with zero attached hydrogens (tertiary/aromatic N) is 1.